The Morgan fingerprint density at radius 2 is 1.42 bits per heavy atom. The molecule has 0 unspecified atom stereocenters. The van der Waals surface area contributed by atoms with Crippen LogP contribution in [0.5, 0.6) is 0 Å². The van der Waals surface area contributed by atoms with Gasteiger partial charge < -0.3 is 16.4 Å². The van der Waals surface area contributed by atoms with Crippen molar-refractivity contribution in [3.63, 3.8) is 0 Å². The van der Waals surface area contributed by atoms with Gasteiger partial charge in [0.1, 0.15) is 0 Å². The Labute approximate surface area is 148 Å². The van der Waals surface area contributed by atoms with Crippen LogP contribution in [0.25, 0.3) is 0 Å². The number of carbonyl (C=O) groups is 2. The van der Waals surface area contributed by atoms with Crippen LogP contribution in [0, 0.1) is 0 Å². The molecule has 0 fully saturated rings. The van der Waals surface area contributed by atoms with E-state index < -0.39 is 0 Å². The molecule has 0 atom stereocenters. The van der Waals surface area contributed by atoms with Crippen LogP contribution in [0.3, 0.4) is 0 Å². The molecule has 0 saturated carbocycles. The molecule has 8 heteroatoms. The summed E-state index contributed by atoms with van der Waals surface area (Å²) >= 11 is 2.01. The number of hydrogen-bond donors (Lipinski definition) is 1. The first-order valence-corrected chi connectivity index (χ1v) is 7.49. The van der Waals surface area contributed by atoms with Gasteiger partial charge in [-0.1, -0.05) is 0 Å². The third-order valence-corrected chi connectivity index (χ3v) is 3.71. The van der Waals surface area contributed by atoms with E-state index in [4.69, 9.17) is 0 Å². The molecule has 0 aromatic heterocycles. The molecule has 0 saturated heterocycles. The molecule has 24 heavy (non-hydrogen) atoms. The Morgan fingerprint density at radius 1 is 0.917 bits per heavy atom. The molecular weight excluding hydrogens is 373 g/mol. The SMILES string of the molecule is CC(=O)Nc1ccc(C(=O)N(C)c2cc[c]([Ge])cc2)cc1.O.O.O. The molecule has 7 N–H and O–H groups in total. The molecule has 2 rings (SSSR count). The Bertz CT molecular complexity index is 659. The summed E-state index contributed by atoms with van der Waals surface area (Å²) in [5.41, 5.74) is 2.10. The summed E-state index contributed by atoms with van der Waals surface area (Å²) in [6.07, 6.45) is 0. The number of hydrogen-bond acceptors (Lipinski definition) is 2. The summed E-state index contributed by atoms with van der Waals surface area (Å²) in [6.45, 7) is 1.45. The Balaban J connectivity index is 0. The molecule has 0 bridgehead atoms. The molecule has 0 aliphatic carbocycles. The molecule has 0 heterocycles. The van der Waals surface area contributed by atoms with Crippen molar-refractivity contribution in [1.29, 1.82) is 0 Å². The number of carbonyl (C=O) groups excluding carboxylic acids is 2. The van der Waals surface area contributed by atoms with Gasteiger partial charge in [-0.25, -0.2) is 0 Å². The molecule has 2 aromatic carbocycles. The zero-order chi connectivity index (χ0) is 15.4. The van der Waals surface area contributed by atoms with Gasteiger partial charge in [-0.15, -0.1) is 0 Å². The third kappa shape index (κ3) is 6.13. The van der Waals surface area contributed by atoms with Crippen LogP contribution in [-0.2, 0) is 4.79 Å². The predicted molar refractivity (Wildman–Crippen MR) is 96.2 cm³/mol. The number of rotatable bonds is 3. The smallest absolute Gasteiger partial charge is 0.412 e. The van der Waals surface area contributed by atoms with E-state index in [2.05, 4.69) is 5.32 Å². The Morgan fingerprint density at radius 3 is 1.88 bits per heavy atom. The van der Waals surface area contributed by atoms with E-state index in [1.54, 1.807) is 36.2 Å². The minimum atomic E-state index is -0.133. The molecule has 0 spiro atoms. The fraction of sp³-hybridized carbons (Fsp3) is 0.125. The summed E-state index contributed by atoms with van der Waals surface area (Å²) in [7, 11) is 1.74. The van der Waals surface area contributed by atoms with E-state index in [-0.39, 0.29) is 28.2 Å². The second-order valence-electron chi connectivity index (χ2n) is 4.67. The number of nitrogens with zero attached hydrogens (tertiary/aromatic N) is 1. The Kier molecular flexibility index (Phi) is 10.6. The number of anilines is 2. The summed E-state index contributed by atoms with van der Waals surface area (Å²) in [4.78, 5) is 25.0. The monoisotopic (exact) mass is 395 g/mol. The topological polar surface area (TPSA) is 144 Å². The normalized spacial score (nSPS) is 8.79. The maximum atomic E-state index is 12.4. The summed E-state index contributed by atoms with van der Waals surface area (Å²) in [6, 6.07) is 14.6. The molecule has 2 amide bonds. The summed E-state index contributed by atoms with van der Waals surface area (Å²) in [5.74, 6) is -0.223. The van der Waals surface area contributed by atoms with Crippen molar-refractivity contribution in [3.8, 4) is 0 Å². The van der Waals surface area contributed by atoms with E-state index in [1.807, 2.05) is 40.8 Å². The largest absolute Gasteiger partial charge is 0.412 e. The summed E-state index contributed by atoms with van der Waals surface area (Å²) in [5, 5.41) is 2.67. The molecule has 0 aliphatic rings. The fourth-order valence-corrected chi connectivity index (χ4v) is 2.25. The molecule has 129 valence electrons. The van der Waals surface area contributed by atoms with Crippen LogP contribution in [0.4, 0.5) is 11.4 Å². The van der Waals surface area contributed by atoms with Crippen molar-refractivity contribution in [2.45, 2.75) is 6.92 Å². The molecular formula is C16H21GeN2O5. The van der Waals surface area contributed by atoms with Crippen LogP contribution in [0.1, 0.15) is 17.3 Å². The van der Waals surface area contributed by atoms with Crippen LogP contribution >= 0.6 is 0 Å². The van der Waals surface area contributed by atoms with E-state index in [1.165, 1.54) is 6.92 Å². The van der Waals surface area contributed by atoms with E-state index in [9.17, 15) is 9.59 Å². The van der Waals surface area contributed by atoms with E-state index >= 15 is 0 Å². The maximum absolute atomic E-state index is 12.4. The van der Waals surface area contributed by atoms with Crippen molar-refractivity contribution in [2.75, 3.05) is 17.3 Å². The molecule has 3 radical (unpaired) electrons. The average Bonchev–Trinajstić information content (AvgIpc) is 2.47. The first-order valence-electron chi connectivity index (χ1n) is 6.45. The predicted octanol–water partition coefficient (Wildman–Crippen LogP) is -0.759. The van der Waals surface area contributed by atoms with Gasteiger partial charge in [-0.3, -0.25) is 4.79 Å². The van der Waals surface area contributed by atoms with Crippen molar-refractivity contribution in [3.05, 3.63) is 54.1 Å². The van der Waals surface area contributed by atoms with Crippen LogP contribution in [0.15, 0.2) is 48.5 Å². The van der Waals surface area contributed by atoms with Crippen molar-refractivity contribution >= 4 is 44.1 Å². The van der Waals surface area contributed by atoms with Gasteiger partial charge in [-0.05, 0) is 0 Å². The molecule has 0 aliphatic heterocycles. The van der Waals surface area contributed by atoms with Gasteiger partial charge in [0.15, 0.2) is 0 Å². The Hall–Kier alpha value is -2.20. The van der Waals surface area contributed by atoms with Gasteiger partial charge in [0.25, 0.3) is 0 Å². The van der Waals surface area contributed by atoms with Crippen LogP contribution in [-0.4, -0.2) is 51.8 Å². The quantitative estimate of drug-likeness (QED) is 0.683. The minimum Gasteiger partial charge on any atom is -0.412 e. The third-order valence-electron chi connectivity index (χ3n) is 3.01. The zero-order valence-electron chi connectivity index (χ0n) is 13.4. The van der Waals surface area contributed by atoms with Crippen molar-refractivity contribution in [1.82, 2.24) is 0 Å². The minimum absolute atomic E-state index is 0. The van der Waals surface area contributed by atoms with E-state index in [0.29, 0.717) is 11.3 Å². The number of benzene rings is 2. The summed E-state index contributed by atoms with van der Waals surface area (Å²) < 4.78 is 1.15. The first-order chi connectivity index (χ1) is 9.97. The van der Waals surface area contributed by atoms with Gasteiger partial charge in [0, 0.05) is 6.92 Å². The van der Waals surface area contributed by atoms with Gasteiger partial charge in [-0.2, -0.15) is 0 Å². The van der Waals surface area contributed by atoms with Crippen LogP contribution in [0.2, 0.25) is 0 Å². The fourth-order valence-electron chi connectivity index (χ4n) is 1.90. The number of amides is 2. The first kappa shape index (κ1) is 24.1. The average molecular weight is 394 g/mol. The zero-order valence-corrected chi connectivity index (χ0v) is 15.5. The van der Waals surface area contributed by atoms with Gasteiger partial charge in [0.05, 0.1) is 0 Å². The second-order valence-corrected chi connectivity index (χ2v) is 5.88. The standard InChI is InChI=1S/C16H15GeN2O2.3H2O/c1-11(20)18-14-7-3-12(4-8-14)16(21)19(2)15-9-5-13(17)6-10-15;;;/h3-10H,1-2H3,(H,18,20);3*1H2. The van der Waals surface area contributed by atoms with Gasteiger partial charge in [0.2, 0.25) is 0 Å². The van der Waals surface area contributed by atoms with E-state index in [0.717, 1.165) is 10.1 Å². The van der Waals surface area contributed by atoms with Crippen molar-refractivity contribution in [2.24, 2.45) is 0 Å². The number of nitrogens with one attached hydrogen (secondary N) is 1. The maximum Gasteiger partial charge on any atom is -0.412 e. The van der Waals surface area contributed by atoms with Gasteiger partial charge >= 0.3 is 120 Å². The van der Waals surface area contributed by atoms with Crippen molar-refractivity contribution < 1.29 is 26.0 Å². The molecule has 2 aromatic rings. The van der Waals surface area contributed by atoms with Crippen LogP contribution < -0.4 is 14.6 Å². The molecule has 7 nitrogen and oxygen atoms in total. The second kappa shape index (κ2) is 10.6.